The predicted molar refractivity (Wildman–Crippen MR) is 79.0 cm³/mol. The number of pyridine rings is 1. The highest BCUT2D eigenvalue weighted by Gasteiger charge is 2.35. The Labute approximate surface area is 123 Å². The second-order valence-corrected chi connectivity index (χ2v) is 5.64. The van der Waals surface area contributed by atoms with Crippen LogP contribution in [0.5, 0.6) is 0 Å². The predicted octanol–water partition coefficient (Wildman–Crippen LogP) is 2.15. The van der Waals surface area contributed by atoms with Crippen LogP contribution in [0.2, 0.25) is 0 Å². The molecule has 1 fully saturated rings. The maximum atomic E-state index is 10.7. The minimum atomic E-state index is -0.546. The Kier molecular flexibility index (Phi) is 4.38. The van der Waals surface area contributed by atoms with Gasteiger partial charge in [0.15, 0.2) is 0 Å². The molecule has 1 aromatic rings. The second-order valence-electron chi connectivity index (χ2n) is 5.64. The SMILES string of the molecule is CN(C)C1(CNc2ncc([N+](=O)[O-])cc2C#N)CCCC1. The number of hydrogen-bond acceptors (Lipinski definition) is 6. The minimum Gasteiger partial charge on any atom is -0.367 e. The van der Waals surface area contributed by atoms with E-state index in [9.17, 15) is 10.1 Å². The Morgan fingerprint density at radius 3 is 2.71 bits per heavy atom. The smallest absolute Gasteiger partial charge is 0.289 e. The van der Waals surface area contributed by atoms with E-state index in [1.807, 2.05) is 6.07 Å². The number of nitro groups is 1. The van der Waals surface area contributed by atoms with Gasteiger partial charge in [0.05, 0.1) is 4.92 Å². The fraction of sp³-hybridized carbons (Fsp3) is 0.571. The third kappa shape index (κ3) is 3.11. The molecule has 0 aromatic carbocycles. The number of aromatic nitrogens is 1. The first-order chi connectivity index (χ1) is 9.98. The van der Waals surface area contributed by atoms with Gasteiger partial charge >= 0.3 is 0 Å². The third-order valence-electron chi connectivity index (χ3n) is 4.27. The quantitative estimate of drug-likeness (QED) is 0.659. The molecule has 0 spiro atoms. The molecule has 21 heavy (non-hydrogen) atoms. The maximum absolute atomic E-state index is 10.7. The summed E-state index contributed by atoms with van der Waals surface area (Å²) in [6.07, 6.45) is 5.77. The van der Waals surface area contributed by atoms with Crippen molar-refractivity contribution in [2.45, 2.75) is 31.2 Å². The number of rotatable bonds is 5. The van der Waals surface area contributed by atoms with Gasteiger partial charge < -0.3 is 10.2 Å². The molecule has 2 rings (SSSR count). The van der Waals surface area contributed by atoms with Crippen LogP contribution in [0.15, 0.2) is 12.3 Å². The summed E-state index contributed by atoms with van der Waals surface area (Å²) in [7, 11) is 4.11. The van der Waals surface area contributed by atoms with Crippen molar-refractivity contribution in [3.05, 3.63) is 27.9 Å². The van der Waals surface area contributed by atoms with E-state index in [4.69, 9.17) is 5.26 Å². The van der Waals surface area contributed by atoms with Crippen molar-refractivity contribution in [1.82, 2.24) is 9.88 Å². The lowest BCUT2D eigenvalue weighted by atomic mass is 9.96. The van der Waals surface area contributed by atoms with Crippen molar-refractivity contribution in [2.75, 3.05) is 26.0 Å². The summed E-state index contributed by atoms with van der Waals surface area (Å²) < 4.78 is 0. The Hall–Kier alpha value is -2.20. The van der Waals surface area contributed by atoms with Crippen LogP contribution >= 0.6 is 0 Å². The molecule has 0 atom stereocenters. The van der Waals surface area contributed by atoms with Gasteiger partial charge in [0, 0.05) is 18.2 Å². The number of nitriles is 1. The lowest BCUT2D eigenvalue weighted by Gasteiger charge is -2.36. The van der Waals surface area contributed by atoms with Crippen LogP contribution in [-0.4, -0.2) is 41.0 Å². The Morgan fingerprint density at radius 1 is 1.52 bits per heavy atom. The maximum Gasteiger partial charge on any atom is 0.289 e. The van der Waals surface area contributed by atoms with E-state index < -0.39 is 4.92 Å². The molecule has 1 N–H and O–H groups in total. The van der Waals surface area contributed by atoms with E-state index >= 15 is 0 Å². The van der Waals surface area contributed by atoms with Gasteiger partial charge in [0.1, 0.15) is 23.6 Å². The number of anilines is 1. The highest BCUT2D eigenvalue weighted by molar-refractivity contribution is 5.55. The van der Waals surface area contributed by atoms with E-state index in [0.717, 1.165) is 12.8 Å². The van der Waals surface area contributed by atoms with Crippen LogP contribution in [0.25, 0.3) is 0 Å². The molecule has 0 amide bonds. The monoisotopic (exact) mass is 289 g/mol. The summed E-state index contributed by atoms with van der Waals surface area (Å²) in [4.78, 5) is 16.4. The Bertz CT molecular complexity index is 573. The lowest BCUT2D eigenvalue weighted by molar-refractivity contribution is -0.385. The highest BCUT2D eigenvalue weighted by atomic mass is 16.6. The van der Waals surface area contributed by atoms with Gasteiger partial charge in [-0.3, -0.25) is 10.1 Å². The first-order valence-electron chi connectivity index (χ1n) is 6.94. The molecule has 0 aliphatic heterocycles. The van der Waals surface area contributed by atoms with Crippen molar-refractivity contribution < 1.29 is 4.92 Å². The normalized spacial score (nSPS) is 16.7. The van der Waals surface area contributed by atoms with Gasteiger partial charge in [-0.05, 0) is 26.9 Å². The zero-order chi connectivity index (χ0) is 15.5. The molecular formula is C14H19N5O2. The van der Waals surface area contributed by atoms with Crippen molar-refractivity contribution in [1.29, 1.82) is 5.26 Å². The number of hydrogen-bond donors (Lipinski definition) is 1. The van der Waals surface area contributed by atoms with Crippen molar-refractivity contribution in [3.63, 3.8) is 0 Å². The minimum absolute atomic E-state index is 0.0657. The molecule has 0 bridgehead atoms. The topological polar surface area (TPSA) is 95.1 Å². The molecule has 1 aliphatic carbocycles. The molecule has 7 nitrogen and oxygen atoms in total. The second kappa shape index (κ2) is 6.06. The van der Waals surface area contributed by atoms with Gasteiger partial charge in [-0.15, -0.1) is 0 Å². The summed E-state index contributed by atoms with van der Waals surface area (Å²) in [5, 5.41) is 23.0. The zero-order valence-corrected chi connectivity index (χ0v) is 12.3. The standard InChI is InChI=1S/C14H19N5O2/c1-18(2)14(5-3-4-6-14)10-17-13-11(8-15)7-12(9-16-13)19(20)21/h7,9H,3-6,10H2,1-2H3,(H,16,17). The van der Waals surface area contributed by atoms with Crippen LogP contribution in [-0.2, 0) is 0 Å². The van der Waals surface area contributed by atoms with Gasteiger partial charge in [-0.1, -0.05) is 12.8 Å². The number of nitrogens with zero attached hydrogens (tertiary/aromatic N) is 4. The number of nitrogens with one attached hydrogen (secondary N) is 1. The fourth-order valence-corrected chi connectivity index (χ4v) is 2.84. The molecule has 0 unspecified atom stereocenters. The van der Waals surface area contributed by atoms with Gasteiger partial charge in [-0.2, -0.15) is 5.26 Å². The summed E-state index contributed by atoms with van der Waals surface area (Å²) in [5.74, 6) is 0.413. The van der Waals surface area contributed by atoms with E-state index in [0.29, 0.717) is 12.4 Å². The van der Waals surface area contributed by atoms with Crippen LogP contribution in [0, 0.1) is 21.4 Å². The highest BCUT2D eigenvalue weighted by Crippen LogP contribution is 2.34. The average Bonchev–Trinajstić information content (AvgIpc) is 2.95. The van der Waals surface area contributed by atoms with Crippen LogP contribution < -0.4 is 5.32 Å². The first kappa shape index (κ1) is 15.2. The Morgan fingerprint density at radius 2 is 2.19 bits per heavy atom. The molecule has 1 aromatic heterocycles. The van der Waals surface area contributed by atoms with Crippen LogP contribution in [0.1, 0.15) is 31.2 Å². The van der Waals surface area contributed by atoms with Gasteiger partial charge in [0.25, 0.3) is 5.69 Å². The molecule has 112 valence electrons. The summed E-state index contributed by atoms with van der Waals surface area (Å²) in [6.45, 7) is 0.680. The van der Waals surface area contributed by atoms with Gasteiger partial charge in [0.2, 0.25) is 0 Å². The number of likely N-dealkylation sites (N-methyl/N-ethyl adjacent to an activating group) is 1. The van der Waals surface area contributed by atoms with E-state index in [2.05, 4.69) is 29.3 Å². The lowest BCUT2D eigenvalue weighted by Crippen LogP contribution is -2.47. The largest absolute Gasteiger partial charge is 0.367 e. The van der Waals surface area contributed by atoms with E-state index in [-0.39, 0.29) is 16.8 Å². The van der Waals surface area contributed by atoms with Crippen molar-refractivity contribution in [2.24, 2.45) is 0 Å². The summed E-state index contributed by atoms with van der Waals surface area (Å²) in [6, 6.07) is 3.22. The zero-order valence-electron chi connectivity index (χ0n) is 12.3. The molecule has 7 heteroatoms. The van der Waals surface area contributed by atoms with Crippen LogP contribution in [0.4, 0.5) is 11.5 Å². The summed E-state index contributed by atoms with van der Waals surface area (Å²) in [5.41, 5.74) is 0.104. The molecular weight excluding hydrogens is 270 g/mol. The van der Waals surface area contributed by atoms with Gasteiger partial charge in [-0.25, -0.2) is 4.98 Å². The molecule has 1 aliphatic rings. The Balaban J connectivity index is 2.16. The van der Waals surface area contributed by atoms with Crippen LogP contribution in [0.3, 0.4) is 0 Å². The molecule has 1 saturated carbocycles. The fourth-order valence-electron chi connectivity index (χ4n) is 2.84. The van der Waals surface area contributed by atoms with Crippen molar-refractivity contribution >= 4 is 11.5 Å². The van der Waals surface area contributed by atoms with Crippen molar-refractivity contribution in [3.8, 4) is 6.07 Å². The molecule has 1 heterocycles. The average molecular weight is 289 g/mol. The first-order valence-corrected chi connectivity index (χ1v) is 6.94. The van der Waals surface area contributed by atoms with E-state index in [1.165, 1.54) is 25.1 Å². The molecule has 0 radical (unpaired) electrons. The molecule has 0 saturated heterocycles. The van der Waals surface area contributed by atoms with E-state index in [1.54, 1.807) is 0 Å². The summed E-state index contributed by atoms with van der Waals surface area (Å²) >= 11 is 0. The third-order valence-corrected chi connectivity index (χ3v) is 4.27.